The molecule has 0 bridgehead atoms. The van der Waals surface area contributed by atoms with Gasteiger partial charge in [-0.15, -0.1) is 0 Å². The minimum Gasteiger partial charge on any atom is -0.481 e. The minimum atomic E-state index is -1.04. The zero-order valence-corrected chi connectivity index (χ0v) is 11.3. The summed E-state index contributed by atoms with van der Waals surface area (Å²) in [5, 5.41) is 9.74. The number of aliphatic carboxylic acids is 1. The normalized spacial score (nSPS) is 10.2. The minimum absolute atomic E-state index is 0.418. The van der Waals surface area contributed by atoms with Crippen molar-refractivity contribution in [2.24, 2.45) is 0 Å². The van der Waals surface area contributed by atoms with Crippen molar-refractivity contribution < 1.29 is 14.6 Å². The van der Waals surface area contributed by atoms with Gasteiger partial charge < -0.3 is 9.84 Å². The molecule has 3 nitrogen and oxygen atoms in total. The first-order valence-corrected chi connectivity index (χ1v) is 6.22. The Kier molecular flexibility index (Phi) is 4.30. The number of carboxylic acids is 1. The summed E-state index contributed by atoms with van der Waals surface area (Å²) in [5.74, 6) is -0.611. The van der Waals surface area contributed by atoms with Crippen molar-refractivity contribution in [3.63, 3.8) is 0 Å². The van der Waals surface area contributed by atoms with E-state index in [0.717, 1.165) is 5.56 Å². The molecule has 0 aromatic heterocycles. The maximum Gasteiger partial charge on any atom is 0.341 e. The summed E-state index contributed by atoms with van der Waals surface area (Å²) < 4.78 is 5.25. The standard InChI is InChI=1S/C14H10Cl2O3/c15-9-5-6-13(19-8-14(17)18)11(7-9)10-3-1-2-4-12(10)16/h1-7H,8H2,(H,17,18). The van der Waals surface area contributed by atoms with Crippen molar-refractivity contribution in [2.75, 3.05) is 6.61 Å². The molecule has 0 spiro atoms. The van der Waals surface area contributed by atoms with Crippen molar-refractivity contribution in [2.45, 2.75) is 0 Å². The zero-order chi connectivity index (χ0) is 13.8. The third kappa shape index (κ3) is 3.40. The van der Waals surface area contributed by atoms with E-state index in [1.165, 1.54) is 0 Å². The molecule has 0 aliphatic carbocycles. The van der Waals surface area contributed by atoms with Gasteiger partial charge in [-0.2, -0.15) is 0 Å². The predicted octanol–water partition coefficient (Wildman–Crippen LogP) is 4.12. The van der Waals surface area contributed by atoms with E-state index < -0.39 is 12.6 Å². The first-order valence-electron chi connectivity index (χ1n) is 5.47. The third-order valence-corrected chi connectivity index (χ3v) is 3.02. The molecular weight excluding hydrogens is 287 g/mol. The van der Waals surface area contributed by atoms with Gasteiger partial charge in [-0.05, 0) is 24.3 Å². The summed E-state index contributed by atoms with van der Waals surface area (Å²) in [5.41, 5.74) is 1.41. The molecule has 2 rings (SSSR count). The van der Waals surface area contributed by atoms with Gasteiger partial charge in [0.2, 0.25) is 0 Å². The van der Waals surface area contributed by atoms with Crippen LogP contribution in [0.1, 0.15) is 0 Å². The molecule has 0 aliphatic heterocycles. The number of rotatable bonds is 4. The van der Waals surface area contributed by atoms with Gasteiger partial charge in [0.15, 0.2) is 6.61 Å². The summed E-state index contributed by atoms with van der Waals surface area (Å²) in [4.78, 5) is 10.6. The zero-order valence-electron chi connectivity index (χ0n) is 9.77. The summed E-state index contributed by atoms with van der Waals surface area (Å²) in [7, 11) is 0. The number of hydrogen-bond acceptors (Lipinski definition) is 2. The van der Waals surface area contributed by atoms with Crippen LogP contribution in [-0.2, 0) is 4.79 Å². The Bertz CT molecular complexity index is 611. The highest BCUT2D eigenvalue weighted by Crippen LogP contribution is 2.36. The van der Waals surface area contributed by atoms with Crippen LogP contribution in [0.3, 0.4) is 0 Å². The lowest BCUT2D eigenvalue weighted by molar-refractivity contribution is -0.139. The molecule has 0 saturated heterocycles. The fraction of sp³-hybridized carbons (Fsp3) is 0.0714. The lowest BCUT2D eigenvalue weighted by Gasteiger charge is -2.12. The van der Waals surface area contributed by atoms with E-state index >= 15 is 0 Å². The molecule has 0 heterocycles. The molecular formula is C14H10Cl2O3. The first-order chi connectivity index (χ1) is 9.08. The van der Waals surface area contributed by atoms with Crippen molar-refractivity contribution in [1.82, 2.24) is 0 Å². The van der Waals surface area contributed by atoms with E-state index in [0.29, 0.717) is 21.4 Å². The van der Waals surface area contributed by atoms with Gasteiger partial charge in [-0.3, -0.25) is 0 Å². The molecule has 2 aromatic carbocycles. The summed E-state index contributed by atoms with van der Waals surface area (Å²) in [6, 6.07) is 12.2. The topological polar surface area (TPSA) is 46.5 Å². The van der Waals surface area contributed by atoms with Crippen LogP contribution in [0.5, 0.6) is 5.75 Å². The summed E-state index contributed by atoms with van der Waals surface area (Å²) in [6.45, 7) is -0.418. The lowest BCUT2D eigenvalue weighted by Crippen LogP contribution is -2.09. The summed E-state index contributed by atoms with van der Waals surface area (Å²) >= 11 is 12.1. The van der Waals surface area contributed by atoms with Crippen LogP contribution < -0.4 is 4.74 Å². The Balaban J connectivity index is 2.46. The van der Waals surface area contributed by atoms with Crippen molar-refractivity contribution in [1.29, 1.82) is 0 Å². The van der Waals surface area contributed by atoms with E-state index in [9.17, 15) is 4.79 Å². The lowest BCUT2D eigenvalue weighted by atomic mass is 10.0. The molecule has 0 aliphatic rings. The SMILES string of the molecule is O=C(O)COc1ccc(Cl)cc1-c1ccccc1Cl. The predicted molar refractivity (Wildman–Crippen MR) is 75.0 cm³/mol. The van der Waals surface area contributed by atoms with Gasteiger partial charge in [0.1, 0.15) is 5.75 Å². The Morgan fingerprint density at radius 2 is 1.84 bits per heavy atom. The highest BCUT2D eigenvalue weighted by molar-refractivity contribution is 6.34. The molecule has 1 N–H and O–H groups in total. The number of benzene rings is 2. The number of ether oxygens (including phenoxy) is 1. The maximum absolute atomic E-state index is 10.6. The molecule has 5 heteroatoms. The molecule has 0 fully saturated rings. The number of carbonyl (C=O) groups is 1. The number of halogens is 2. The first kappa shape index (κ1) is 13.7. The Morgan fingerprint density at radius 1 is 1.11 bits per heavy atom. The number of hydrogen-bond donors (Lipinski definition) is 1. The van der Waals surface area contributed by atoms with Gasteiger partial charge in [-0.1, -0.05) is 41.4 Å². The second-order valence-electron chi connectivity index (χ2n) is 3.80. The van der Waals surface area contributed by atoms with Crippen LogP contribution >= 0.6 is 23.2 Å². The average Bonchev–Trinajstić information content (AvgIpc) is 2.37. The monoisotopic (exact) mass is 296 g/mol. The Hall–Kier alpha value is -1.71. The van der Waals surface area contributed by atoms with E-state index in [2.05, 4.69) is 0 Å². The van der Waals surface area contributed by atoms with E-state index in [4.69, 9.17) is 33.0 Å². The van der Waals surface area contributed by atoms with Crippen LogP contribution in [0.25, 0.3) is 11.1 Å². The maximum atomic E-state index is 10.6. The fourth-order valence-electron chi connectivity index (χ4n) is 1.66. The molecule has 19 heavy (non-hydrogen) atoms. The van der Waals surface area contributed by atoms with E-state index in [-0.39, 0.29) is 0 Å². The van der Waals surface area contributed by atoms with Crippen LogP contribution in [0.4, 0.5) is 0 Å². The quantitative estimate of drug-likeness (QED) is 0.923. The second kappa shape index (κ2) is 5.95. The highest BCUT2D eigenvalue weighted by Gasteiger charge is 2.11. The van der Waals surface area contributed by atoms with Crippen molar-refractivity contribution >= 4 is 29.2 Å². The largest absolute Gasteiger partial charge is 0.481 e. The van der Waals surface area contributed by atoms with Crippen molar-refractivity contribution in [3.05, 3.63) is 52.5 Å². The van der Waals surface area contributed by atoms with Gasteiger partial charge in [0.05, 0.1) is 0 Å². The Morgan fingerprint density at radius 3 is 2.53 bits per heavy atom. The molecule has 2 aromatic rings. The fourth-order valence-corrected chi connectivity index (χ4v) is 2.07. The molecule has 0 saturated carbocycles. The second-order valence-corrected chi connectivity index (χ2v) is 4.65. The molecule has 0 atom stereocenters. The molecule has 0 radical (unpaired) electrons. The van der Waals surface area contributed by atoms with Crippen LogP contribution in [0, 0.1) is 0 Å². The Labute approximate surface area is 120 Å². The third-order valence-electron chi connectivity index (χ3n) is 2.46. The average molecular weight is 297 g/mol. The summed E-state index contributed by atoms with van der Waals surface area (Å²) in [6.07, 6.45) is 0. The van der Waals surface area contributed by atoms with Gasteiger partial charge in [0, 0.05) is 21.2 Å². The van der Waals surface area contributed by atoms with Gasteiger partial charge >= 0.3 is 5.97 Å². The van der Waals surface area contributed by atoms with Crippen LogP contribution in [0.2, 0.25) is 10.0 Å². The van der Waals surface area contributed by atoms with E-state index in [1.54, 1.807) is 24.3 Å². The molecule has 0 unspecified atom stereocenters. The molecule has 98 valence electrons. The van der Waals surface area contributed by atoms with E-state index in [1.807, 2.05) is 18.2 Å². The molecule has 0 amide bonds. The van der Waals surface area contributed by atoms with Crippen molar-refractivity contribution in [3.8, 4) is 16.9 Å². The number of carboxylic acid groups (broad SMARTS) is 1. The van der Waals surface area contributed by atoms with Gasteiger partial charge in [0.25, 0.3) is 0 Å². The van der Waals surface area contributed by atoms with Gasteiger partial charge in [-0.25, -0.2) is 4.79 Å². The highest BCUT2D eigenvalue weighted by atomic mass is 35.5. The van der Waals surface area contributed by atoms with Crippen LogP contribution in [-0.4, -0.2) is 17.7 Å². The van der Waals surface area contributed by atoms with Crippen LogP contribution in [0.15, 0.2) is 42.5 Å². The smallest absolute Gasteiger partial charge is 0.341 e.